The minimum atomic E-state index is -0.148. The third-order valence-electron chi connectivity index (χ3n) is 4.27. The molecule has 0 fully saturated rings. The van der Waals surface area contributed by atoms with E-state index in [-0.39, 0.29) is 24.5 Å². The van der Waals surface area contributed by atoms with Crippen molar-refractivity contribution in [2.24, 2.45) is 0 Å². The van der Waals surface area contributed by atoms with E-state index in [1.165, 1.54) is 9.78 Å². The van der Waals surface area contributed by atoms with Gasteiger partial charge < -0.3 is 14.7 Å². The number of carbonyl (C=O) groups excluding carboxylic acids is 2. The second-order valence-electron chi connectivity index (χ2n) is 7.15. The second kappa shape index (κ2) is 9.55. The molecule has 1 aromatic carbocycles. The topological polar surface area (TPSA) is 43.9 Å². The number of aryl methyl sites for hydroxylation is 1. The van der Waals surface area contributed by atoms with Gasteiger partial charge in [0.1, 0.15) is 6.54 Å². The highest BCUT2D eigenvalue weighted by Gasteiger charge is 2.25. The van der Waals surface area contributed by atoms with Crippen molar-refractivity contribution in [1.82, 2.24) is 14.7 Å². The molecule has 0 bridgehead atoms. The Morgan fingerprint density at radius 1 is 1.00 bits per heavy atom. The fraction of sp³-hybridized carbons (Fsp3) is 0.429. The third-order valence-corrected chi connectivity index (χ3v) is 5.25. The Bertz CT molecular complexity index is 756. The maximum absolute atomic E-state index is 13.1. The maximum Gasteiger partial charge on any atom is 0.320 e. The molecule has 0 N–H and O–H groups in total. The minimum absolute atomic E-state index is 0.0474. The summed E-state index contributed by atoms with van der Waals surface area (Å²) in [6.07, 6.45) is 0. The summed E-state index contributed by atoms with van der Waals surface area (Å²) in [5.74, 6) is -0.0474. The molecule has 3 amide bonds. The molecule has 5 nitrogen and oxygen atoms in total. The van der Waals surface area contributed by atoms with E-state index in [4.69, 9.17) is 0 Å². The van der Waals surface area contributed by atoms with Crippen molar-refractivity contribution in [3.63, 3.8) is 0 Å². The monoisotopic (exact) mass is 387 g/mol. The molecule has 27 heavy (non-hydrogen) atoms. The number of amides is 3. The molecule has 0 saturated carbocycles. The molecule has 0 unspecified atom stereocenters. The van der Waals surface area contributed by atoms with E-state index in [0.29, 0.717) is 13.1 Å². The molecule has 0 saturated heterocycles. The van der Waals surface area contributed by atoms with Crippen molar-refractivity contribution < 1.29 is 9.59 Å². The maximum atomic E-state index is 13.1. The largest absolute Gasteiger partial charge is 0.332 e. The van der Waals surface area contributed by atoms with E-state index in [1.54, 1.807) is 30.3 Å². The Balaban J connectivity index is 2.19. The molecule has 6 heteroatoms. The standard InChI is InChI=1S/C21H29N3O2S/c1-16(2)24(21(26)22(4)5)15-20(25)23(13-18-9-7-6-8-10-18)14-19-12-11-17(3)27-19/h6-12,16H,13-15H2,1-5H3. The fourth-order valence-electron chi connectivity index (χ4n) is 2.77. The molecule has 2 rings (SSSR count). The van der Waals surface area contributed by atoms with Crippen molar-refractivity contribution in [2.75, 3.05) is 20.6 Å². The van der Waals surface area contributed by atoms with Crippen molar-refractivity contribution >= 4 is 23.3 Å². The summed E-state index contributed by atoms with van der Waals surface area (Å²) in [5.41, 5.74) is 1.08. The molecule has 146 valence electrons. The van der Waals surface area contributed by atoms with Crippen molar-refractivity contribution in [1.29, 1.82) is 0 Å². The average Bonchev–Trinajstić information content (AvgIpc) is 3.03. The molecular formula is C21H29N3O2S. The van der Waals surface area contributed by atoms with Crippen LogP contribution in [-0.4, -0.2) is 53.3 Å². The van der Waals surface area contributed by atoms with Crippen LogP contribution in [0.5, 0.6) is 0 Å². The highest BCUT2D eigenvalue weighted by Crippen LogP contribution is 2.19. The van der Waals surface area contributed by atoms with Gasteiger partial charge in [-0.1, -0.05) is 30.3 Å². The summed E-state index contributed by atoms with van der Waals surface area (Å²) in [6.45, 7) is 7.07. The molecule has 0 aliphatic carbocycles. The Hall–Kier alpha value is -2.34. The lowest BCUT2D eigenvalue weighted by Gasteiger charge is -2.31. The number of carbonyl (C=O) groups is 2. The smallest absolute Gasteiger partial charge is 0.320 e. The van der Waals surface area contributed by atoms with Crippen LogP contribution in [0.3, 0.4) is 0 Å². The van der Waals surface area contributed by atoms with Gasteiger partial charge in [-0.15, -0.1) is 11.3 Å². The number of urea groups is 1. The van der Waals surface area contributed by atoms with Gasteiger partial charge in [0.2, 0.25) is 5.91 Å². The number of rotatable bonds is 7. The highest BCUT2D eigenvalue weighted by atomic mass is 32.1. The van der Waals surface area contributed by atoms with Crippen LogP contribution in [0.15, 0.2) is 42.5 Å². The zero-order chi connectivity index (χ0) is 20.0. The van der Waals surface area contributed by atoms with Crippen LogP contribution in [0.2, 0.25) is 0 Å². The lowest BCUT2D eigenvalue weighted by Crippen LogP contribution is -2.48. The van der Waals surface area contributed by atoms with Gasteiger partial charge in [-0.25, -0.2) is 4.79 Å². The average molecular weight is 388 g/mol. The van der Waals surface area contributed by atoms with Gasteiger partial charge in [-0.05, 0) is 38.5 Å². The molecule has 1 heterocycles. The number of hydrogen-bond acceptors (Lipinski definition) is 3. The predicted octanol–water partition coefficient (Wildman–Crippen LogP) is 3.98. The Morgan fingerprint density at radius 2 is 1.67 bits per heavy atom. The van der Waals surface area contributed by atoms with Crippen molar-refractivity contribution in [3.05, 3.63) is 57.8 Å². The zero-order valence-electron chi connectivity index (χ0n) is 16.8. The molecule has 1 aromatic heterocycles. The van der Waals surface area contributed by atoms with E-state index in [0.717, 1.165) is 10.4 Å². The lowest BCUT2D eigenvalue weighted by atomic mass is 10.2. The first-order valence-corrected chi connectivity index (χ1v) is 9.94. The van der Waals surface area contributed by atoms with Gasteiger partial charge >= 0.3 is 6.03 Å². The first kappa shape index (κ1) is 21.0. The first-order valence-electron chi connectivity index (χ1n) is 9.13. The quantitative estimate of drug-likeness (QED) is 0.721. The molecule has 0 aliphatic rings. The normalized spacial score (nSPS) is 10.7. The van der Waals surface area contributed by atoms with Gasteiger partial charge in [0, 0.05) is 36.4 Å². The highest BCUT2D eigenvalue weighted by molar-refractivity contribution is 7.11. The van der Waals surface area contributed by atoms with Crippen molar-refractivity contribution in [2.45, 2.75) is 39.9 Å². The zero-order valence-corrected chi connectivity index (χ0v) is 17.6. The predicted molar refractivity (Wildman–Crippen MR) is 111 cm³/mol. The molecule has 2 aromatic rings. The summed E-state index contributed by atoms with van der Waals surface area (Å²) in [7, 11) is 3.41. The van der Waals surface area contributed by atoms with Gasteiger partial charge in [0.25, 0.3) is 0 Å². The van der Waals surface area contributed by atoms with Crippen LogP contribution in [0.25, 0.3) is 0 Å². The Morgan fingerprint density at radius 3 is 2.19 bits per heavy atom. The van der Waals surface area contributed by atoms with Crippen LogP contribution >= 0.6 is 11.3 Å². The summed E-state index contributed by atoms with van der Waals surface area (Å²) < 4.78 is 0. The number of benzene rings is 1. The fourth-order valence-corrected chi connectivity index (χ4v) is 3.67. The third kappa shape index (κ3) is 6.10. The molecular weight excluding hydrogens is 358 g/mol. The SMILES string of the molecule is Cc1ccc(CN(Cc2ccccc2)C(=O)CN(C(=O)N(C)C)C(C)C)s1. The van der Waals surface area contributed by atoms with Gasteiger partial charge in [-0.2, -0.15) is 0 Å². The second-order valence-corrected chi connectivity index (χ2v) is 8.52. The van der Waals surface area contributed by atoms with E-state index in [9.17, 15) is 9.59 Å². The minimum Gasteiger partial charge on any atom is -0.332 e. The summed E-state index contributed by atoms with van der Waals surface area (Å²) in [5, 5.41) is 0. The van der Waals surface area contributed by atoms with Crippen LogP contribution < -0.4 is 0 Å². The first-order chi connectivity index (χ1) is 12.8. The van der Waals surface area contributed by atoms with Gasteiger partial charge in [0.15, 0.2) is 0 Å². The van der Waals surface area contributed by atoms with E-state index in [1.807, 2.05) is 49.1 Å². The molecule has 0 aliphatic heterocycles. The van der Waals surface area contributed by atoms with Crippen LogP contribution in [0, 0.1) is 6.92 Å². The lowest BCUT2D eigenvalue weighted by molar-refractivity contribution is -0.133. The summed E-state index contributed by atoms with van der Waals surface area (Å²) in [6, 6.07) is 13.9. The van der Waals surface area contributed by atoms with Gasteiger partial charge in [0.05, 0.1) is 6.54 Å². The molecule has 0 radical (unpaired) electrons. The van der Waals surface area contributed by atoms with Crippen LogP contribution in [-0.2, 0) is 17.9 Å². The Labute approximate surface area is 166 Å². The summed E-state index contributed by atoms with van der Waals surface area (Å²) >= 11 is 1.70. The van der Waals surface area contributed by atoms with E-state index in [2.05, 4.69) is 19.1 Å². The molecule has 0 atom stereocenters. The van der Waals surface area contributed by atoms with Gasteiger partial charge in [-0.3, -0.25) is 4.79 Å². The van der Waals surface area contributed by atoms with Crippen LogP contribution in [0.4, 0.5) is 4.79 Å². The molecule has 0 spiro atoms. The van der Waals surface area contributed by atoms with E-state index >= 15 is 0 Å². The van der Waals surface area contributed by atoms with Crippen molar-refractivity contribution in [3.8, 4) is 0 Å². The number of hydrogen-bond donors (Lipinski definition) is 0. The van der Waals surface area contributed by atoms with E-state index < -0.39 is 0 Å². The number of nitrogens with zero attached hydrogens (tertiary/aromatic N) is 3. The number of thiophene rings is 1. The van der Waals surface area contributed by atoms with Crippen LogP contribution in [0.1, 0.15) is 29.2 Å². The summed E-state index contributed by atoms with van der Waals surface area (Å²) in [4.78, 5) is 32.9. The Kier molecular flexibility index (Phi) is 7.42.